The zero-order valence-electron chi connectivity index (χ0n) is 14.4. The third kappa shape index (κ3) is 3.66. The summed E-state index contributed by atoms with van der Waals surface area (Å²) >= 11 is 0. The number of amides is 1. The Bertz CT molecular complexity index is 921. The smallest absolute Gasteiger partial charge is 0.290 e. The largest absolute Gasteiger partial charge is 0.503 e. The summed E-state index contributed by atoms with van der Waals surface area (Å²) in [5.74, 6) is -2.74. The zero-order chi connectivity index (χ0) is 19.4. The molecule has 6 heteroatoms. The molecule has 1 aliphatic rings. The number of rotatable bonds is 6. The van der Waals surface area contributed by atoms with E-state index in [1.165, 1.54) is 24.3 Å². The third-order valence-corrected chi connectivity index (χ3v) is 4.34. The lowest BCUT2D eigenvalue weighted by atomic mass is 9.95. The van der Waals surface area contributed by atoms with Gasteiger partial charge in [0.15, 0.2) is 11.5 Å². The van der Waals surface area contributed by atoms with Crippen molar-refractivity contribution in [1.82, 2.24) is 4.90 Å². The predicted molar refractivity (Wildman–Crippen MR) is 98.1 cm³/mol. The summed E-state index contributed by atoms with van der Waals surface area (Å²) in [5, 5.41) is 19.5. The molecule has 0 saturated heterocycles. The van der Waals surface area contributed by atoms with Crippen LogP contribution in [0.25, 0.3) is 6.08 Å². The van der Waals surface area contributed by atoms with E-state index in [1.807, 2.05) is 18.2 Å². The van der Waals surface area contributed by atoms with Crippen molar-refractivity contribution in [3.05, 3.63) is 88.9 Å². The van der Waals surface area contributed by atoms with Crippen LogP contribution in [0.15, 0.2) is 72.0 Å². The first-order chi connectivity index (χ1) is 13.0. The molecular weight excluding hydrogens is 349 g/mol. The predicted octanol–water partition coefficient (Wildman–Crippen LogP) is 2.80. The van der Waals surface area contributed by atoms with Gasteiger partial charge in [-0.2, -0.15) is 0 Å². The lowest BCUT2D eigenvalue weighted by molar-refractivity contribution is -0.129. The SMILES string of the molecule is O=C(C=Cc1ccccc1)C1=C(O)C(=O)N(CCO)C1c1ccccc1F. The van der Waals surface area contributed by atoms with Crippen LogP contribution in [0, 0.1) is 5.82 Å². The number of carbonyl (C=O) groups is 2. The van der Waals surface area contributed by atoms with Crippen LogP contribution < -0.4 is 0 Å². The van der Waals surface area contributed by atoms with E-state index in [1.54, 1.807) is 24.3 Å². The molecule has 0 saturated carbocycles. The lowest BCUT2D eigenvalue weighted by Crippen LogP contribution is -2.33. The lowest BCUT2D eigenvalue weighted by Gasteiger charge is -2.26. The molecule has 1 unspecified atom stereocenters. The molecule has 0 aromatic heterocycles. The van der Waals surface area contributed by atoms with Gasteiger partial charge < -0.3 is 15.1 Å². The number of halogens is 1. The van der Waals surface area contributed by atoms with Gasteiger partial charge >= 0.3 is 0 Å². The van der Waals surface area contributed by atoms with Crippen molar-refractivity contribution in [2.75, 3.05) is 13.2 Å². The molecule has 0 spiro atoms. The van der Waals surface area contributed by atoms with E-state index < -0.39 is 29.3 Å². The van der Waals surface area contributed by atoms with Crippen LogP contribution in [0.5, 0.6) is 0 Å². The molecule has 0 radical (unpaired) electrons. The summed E-state index contributed by atoms with van der Waals surface area (Å²) in [5.41, 5.74) is 0.649. The monoisotopic (exact) mass is 367 g/mol. The second-order valence-corrected chi connectivity index (χ2v) is 6.02. The maximum Gasteiger partial charge on any atom is 0.290 e. The highest BCUT2D eigenvalue weighted by molar-refractivity contribution is 6.14. The number of nitrogens with zero attached hydrogens (tertiary/aromatic N) is 1. The normalized spacial score (nSPS) is 17.2. The van der Waals surface area contributed by atoms with Crippen molar-refractivity contribution in [1.29, 1.82) is 0 Å². The molecule has 1 aliphatic heterocycles. The average molecular weight is 367 g/mol. The van der Waals surface area contributed by atoms with Crippen molar-refractivity contribution in [2.45, 2.75) is 6.04 Å². The molecule has 1 heterocycles. The third-order valence-electron chi connectivity index (χ3n) is 4.34. The van der Waals surface area contributed by atoms with Crippen molar-refractivity contribution >= 4 is 17.8 Å². The van der Waals surface area contributed by atoms with E-state index in [0.29, 0.717) is 0 Å². The number of ketones is 1. The van der Waals surface area contributed by atoms with Crippen LogP contribution >= 0.6 is 0 Å². The number of benzene rings is 2. The minimum atomic E-state index is -1.10. The van der Waals surface area contributed by atoms with Crippen molar-refractivity contribution in [2.24, 2.45) is 0 Å². The van der Waals surface area contributed by atoms with Crippen LogP contribution in [0.2, 0.25) is 0 Å². The Balaban J connectivity index is 2.02. The van der Waals surface area contributed by atoms with E-state index in [2.05, 4.69) is 0 Å². The Labute approximate surface area is 155 Å². The summed E-state index contributed by atoms with van der Waals surface area (Å²) in [6, 6.07) is 13.7. The molecule has 3 rings (SSSR count). The molecule has 0 fully saturated rings. The second-order valence-electron chi connectivity index (χ2n) is 6.02. The first-order valence-corrected chi connectivity index (χ1v) is 8.41. The van der Waals surface area contributed by atoms with E-state index in [4.69, 9.17) is 0 Å². The first-order valence-electron chi connectivity index (χ1n) is 8.41. The molecule has 1 atom stereocenters. The molecule has 1 amide bonds. The Morgan fingerprint density at radius 1 is 1.11 bits per heavy atom. The summed E-state index contributed by atoms with van der Waals surface area (Å²) in [6.45, 7) is -0.521. The molecule has 27 heavy (non-hydrogen) atoms. The quantitative estimate of drug-likeness (QED) is 0.770. The van der Waals surface area contributed by atoms with Gasteiger partial charge in [-0.3, -0.25) is 9.59 Å². The molecule has 0 aliphatic carbocycles. The Hall–Kier alpha value is -3.25. The van der Waals surface area contributed by atoms with Gasteiger partial charge in [-0.05, 0) is 17.7 Å². The summed E-state index contributed by atoms with van der Waals surface area (Å²) in [7, 11) is 0. The summed E-state index contributed by atoms with van der Waals surface area (Å²) < 4.78 is 14.4. The standard InChI is InChI=1S/C21H18FNO4/c22-16-9-5-4-8-15(16)19-18(20(26)21(27)23(19)12-13-24)17(25)11-10-14-6-2-1-3-7-14/h1-11,19,24,26H,12-13H2. The number of aliphatic hydroxyl groups excluding tert-OH is 2. The molecule has 138 valence electrons. The van der Waals surface area contributed by atoms with Gasteiger partial charge in [0, 0.05) is 12.1 Å². The van der Waals surface area contributed by atoms with E-state index in [-0.39, 0.29) is 24.3 Å². The molecule has 2 aromatic rings. The second kappa shape index (κ2) is 7.97. The number of carbonyl (C=O) groups excluding carboxylic acids is 2. The van der Waals surface area contributed by atoms with Crippen LogP contribution in [0.1, 0.15) is 17.2 Å². The Morgan fingerprint density at radius 3 is 2.44 bits per heavy atom. The maximum absolute atomic E-state index is 14.4. The number of hydrogen-bond acceptors (Lipinski definition) is 4. The van der Waals surface area contributed by atoms with Gasteiger partial charge in [0.05, 0.1) is 18.2 Å². The molecule has 5 nitrogen and oxygen atoms in total. The van der Waals surface area contributed by atoms with E-state index in [0.717, 1.165) is 10.5 Å². The fourth-order valence-corrected chi connectivity index (χ4v) is 3.09. The zero-order valence-corrected chi connectivity index (χ0v) is 14.4. The van der Waals surface area contributed by atoms with E-state index >= 15 is 0 Å². The van der Waals surface area contributed by atoms with Gasteiger partial charge in [-0.1, -0.05) is 54.6 Å². The first kappa shape index (κ1) is 18.5. The van der Waals surface area contributed by atoms with Gasteiger partial charge in [0.2, 0.25) is 0 Å². The highest BCUT2D eigenvalue weighted by atomic mass is 19.1. The molecule has 2 N–H and O–H groups in total. The minimum Gasteiger partial charge on any atom is -0.503 e. The average Bonchev–Trinajstić information content (AvgIpc) is 2.92. The number of aliphatic hydroxyl groups is 2. The fraction of sp³-hybridized carbons (Fsp3) is 0.143. The number of allylic oxidation sites excluding steroid dienone is 1. The van der Waals surface area contributed by atoms with Crippen LogP contribution in [0.4, 0.5) is 4.39 Å². The number of β-amino-alcohol motifs (C(OH)–C–C–N with tert-alkyl or cyclic N) is 1. The van der Waals surface area contributed by atoms with E-state index in [9.17, 15) is 24.2 Å². The van der Waals surface area contributed by atoms with Crippen molar-refractivity contribution in [3.63, 3.8) is 0 Å². The topological polar surface area (TPSA) is 77.8 Å². The van der Waals surface area contributed by atoms with Crippen LogP contribution in [-0.2, 0) is 9.59 Å². The maximum atomic E-state index is 14.4. The Kier molecular flexibility index (Phi) is 5.47. The fourth-order valence-electron chi connectivity index (χ4n) is 3.09. The van der Waals surface area contributed by atoms with Crippen LogP contribution in [0.3, 0.4) is 0 Å². The molecule has 0 bridgehead atoms. The van der Waals surface area contributed by atoms with Crippen molar-refractivity contribution in [3.8, 4) is 0 Å². The van der Waals surface area contributed by atoms with Crippen LogP contribution in [-0.4, -0.2) is 40.0 Å². The van der Waals surface area contributed by atoms with Gasteiger partial charge in [-0.15, -0.1) is 0 Å². The number of hydrogen-bond donors (Lipinski definition) is 2. The highest BCUT2D eigenvalue weighted by Crippen LogP contribution is 2.38. The van der Waals surface area contributed by atoms with Gasteiger partial charge in [0.1, 0.15) is 5.82 Å². The minimum absolute atomic E-state index is 0.0832. The van der Waals surface area contributed by atoms with Gasteiger partial charge in [-0.25, -0.2) is 4.39 Å². The molecular formula is C21H18FNO4. The van der Waals surface area contributed by atoms with Gasteiger partial charge in [0.25, 0.3) is 5.91 Å². The summed E-state index contributed by atoms with van der Waals surface area (Å²) in [4.78, 5) is 26.2. The van der Waals surface area contributed by atoms with Crippen molar-refractivity contribution < 1.29 is 24.2 Å². The highest BCUT2D eigenvalue weighted by Gasteiger charge is 2.43. The Morgan fingerprint density at radius 2 is 1.78 bits per heavy atom. The summed E-state index contributed by atoms with van der Waals surface area (Å²) in [6.07, 6.45) is 2.80. The molecule has 2 aromatic carbocycles.